The van der Waals surface area contributed by atoms with Crippen LogP contribution in [0.4, 0.5) is 4.79 Å². The number of Topliss-reactive ketones (excluding diaryl/α,β-unsaturated/α-hetero) is 1. The predicted octanol–water partition coefficient (Wildman–Crippen LogP) is 1.75. The number of carbonyl (C=O) groups is 2. The zero-order valence-electron chi connectivity index (χ0n) is 10.7. The summed E-state index contributed by atoms with van der Waals surface area (Å²) in [6.07, 6.45) is 1.49. The van der Waals surface area contributed by atoms with Crippen molar-refractivity contribution in [3.63, 3.8) is 0 Å². The number of hydrogen-bond donors (Lipinski definition) is 0. The van der Waals surface area contributed by atoms with Crippen molar-refractivity contribution in [1.29, 1.82) is 0 Å². The predicted molar refractivity (Wildman–Crippen MR) is 63.3 cm³/mol. The van der Waals surface area contributed by atoms with Gasteiger partial charge in [0.05, 0.1) is 6.04 Å². The number of urea groups is 1. The Bertz CT molecular complexity index is 276. The number of carbonyl (C=O) groups excluding carboxylic acids is 2. The van der Waals surface area contributed by atoms with Crippen molar-refractivity contribution in [1.82, 2.24) is 9.80 Å². The van der Waals surface area contributed by atoms with Crippen LogP contribution in [-0.4, -0.2) is 47.8 Å². The molecule has 0 aromatic heterocycles. The Morgan fingerprint density at radius 1 is 1.50 bits per heavy atom. The first-order valence-corrected chi connectivity index (χ1v) is 5.93. The zero-order valence-corrected chi connectivity index (χ0v) is 10.7. The third-order valence-electron chi connectivity index (χ3n) is 3.03. The second-order valence-electron chi connectivity index (χ2n) is 5.07. The quantitative estimate of drug-likeness (QED) is 0.716. The second-order valence-corrected chi connectivity index (χ2v) is 5.07. The molecule has 92 valence electrons. The minimum absolute atomic E-state index is 0.0619. The van der Waals surface area contributed by atoms with Crippen LogP contribution < -0.4 is 0 Å². The highest BCUT2D eigenvalue weighted by Gasteiger charge is 2.34. The van der Waals surface area contributed by atoms with Crippen molar-refractivity contribution in [3.05, 3.63) is 0 Å². The smallest absolute Gasteiger partial charge is 0.320 e. The number of amides is 2. The highest BCUT2D eigenvalue weighted by Crippen LogP contribution is 2.20. The third-order valence-corrected chi connectivity index (χ3v) is 3.03. The average molecular weight is 226 g/mol. The zero-order chi connectivity index (χ0) is 12.3. The molecule has 0 spiro atoms. The van der Waals surface area contributed by atoms with Gasteiger partial charge in [-0.2, -0.15) is 0 Å². The lowest BCUT2D eigenvalue weighted by atomic mass is 10.0. The van der Waals surface area contributed by atoms with E-state index in [9.17, 15) is 9.59 Å². The topological polar surface area (TPSA) is 40.6 Å². The number of ketones is 1. The van der Waals surface area contributed by atoms with E-state index < -0.39 is 0 Å². The minimum Gasteiger partial charge on any atom is -0.323 e. The Kier molecular flexibility index (Phi) is 4.33. The van der Waals surface area contributed by atoms with E-state index in [1.807, 2.05) is 7.05 Å². The van der Waals surface area contributed by atoms with Gasteiger partial charge in [-0.05, 0) is 19.3 Å². The first-order chi connectivity index (χ1) is 7.41. The molecule has 16 heavy (non-hydrogen) atoms. The maximum atomic E-state index is 11.9. The molecule has 4 heteroatoms. The summed E-state index contributed by atoms with van der Waals surface area (Å²) in [5.41, 5.74) is 0. The van der Waals surface area contributed by atoms with E-state index in [0.717, 1.165) is 13.0 Å². The van der Waals surface area contributed by atoms with Gasteiger partial charge < -0.3 is 9.80 Å². The molecule has 0 saturated carbocycles. The fourth-order valence-corrected chi connectivity index (χ4v) is 2.09. The molecule has 1 aliphatic rings. The van der Waals surface area contributed by atoms with Crippen LogP contribution in [0.5, 0.6) is 0 Å². The summed E-state index contributed by atoms with van der Waals surface area (Å²) in [4.78, 5) is 26.3. The molecule has 1 atom stereocenters. The molecule has 0 bridgehead atoms. The van der Waals surface area contributed by atoms with Gasteiger partial charge in [0.15, 0.2) is 0 Å². The molecule has 0 N–H and O–H groups in total. The molecule has 0 aliphatic carbocycles. The molecule has 1 saturated heterocycles. The lowest BCUT2D eigenvalue weighted by molar-refractivity contribution is -0.117. The van der Waals surface area contributed by atoms with Crippen molar-refractivity contribution in [2.75, 3.05) is 20.1 Å². The number of likely N-dealkylation sites (N-methyl/N-ethyl adjacent to an activating group) is 1. The fourth-order valence-electron chi connectivity index (χ4n) is 2.09. The van der Waals surface area contributed by atoms with Gasteiger partial charge in [0.25, 0.3) is 0 Å². The van der Waals surface area contributed by atoms with Gasteiger partial charge >= 0.3 is 6.03 Å². The van der Waals surface area contributed by atoms with Gasteiger partial charge in [0.1, 0.15) is 5.78 Å². The summed E-state index contributed by atoms with van der Waals surface area (Å²) in [5.74, 6) is 0.732. The number of nitrogens with zero attached hydrogens (tertiary/aromatic N) is 2. The third kappa shape index (κ3) is 3.22. The lowest BCUT2D eigenvalue weighted by Gasteiger charge is -2.19. The van der Waals surface area contributed by atoms with Crippen molar-refractivity contribution < 1.29 is 9.59 Å². The molecule has 1 aliphatic heterocycles. The monoisotopic (exact) mass is 226 g/mol. The van der Waals surface area contributed by atoms with E-state index in [1.54, 1.807) is 16.7 Å². The van der Waals surface area contributed by atoms with E-state index >= 15 is 0 Å². The highest BCUT2D eigenvalue weighted by molar-refractivity contribution is 5.79. The Labute approximate surface area is 97.6 Å². The van der Waals surface area contributed by atoms with E-state index in [0.29, 0.717) is 24.9 Å². The summed E-state index contributed by atoms with van der Waals surface area (Å²) in [6, 6.07) is 0.367. The Morgan fingerprint density at radius 2 is 2.12 bits per heavy atom. The van der Waals surface area contributed by atoms with Gasteiger partial charge in [0.2, 0.25) is 0 Å². The SMILES string of the molecule is CC(=O)CCN1CC(CC(C)C)N(C)C1=O. The van der Waals surface area contributed by atoms with Crippen molar-refractivity contribution in [2.24, 2.45) is 5.92 Å². The summed E-state index contributed by atoms with van der Waals surface area (Å²) in [7, 11) is 1.85. The molecule has 2 amide bonds. The van der Waals surface area contributed by atoms with Crippen LogP contribution in [0, 0.1) is 5.92 Å². The van der Waals surface area contributed by atoms with E-state index in [-0.39, 0.29) is 11.8 Å². The minimum atomic E-state index is 0.0619. The first kappa shape index (κ1) is 13.0. The van der Waals surface area contributed by atoms with Crippen LogP contribution in [-0.2, 0) is 4.79 Å². The maximum Gasteiger partial charge on any atom is 0.320 e. The highest BCUT2D eigenvalue weighted by atomic mass is 16.2. The summed E-state index contributed by atoms with van der Waals surface area (Å²) in [6.45, 7) is 7.22. The van der Waals surface area contributed by atoms with Crippen molar-refractivity contribution in [2.45, 2.75) is 39.7 Å². The molecule has 1 unspecified atom stereocenters. The molecule has 0 aromatic carbocycles. The number of rotatable bonds is 5. The molecule has 1 rings (SSSR count). The Morgan fingerprint density at radius 3 is 2.62 bits per heavy atom. The van der Waals surface area contributed by atoms with E-state index in [4.69, 9.17) is 0 Å². The first-order valence-electron chi connectivity index (χ1n) is 5.93. The molecule has 4 nitrogen and oxygen atoms in total. The molecule has 0 aromatic rings. The molecule has 1 fully saturated rings. The van der Waals surface area contributed by atoms with Gasteiger partial charge in [0, 0.05) is 26.6 Å². The number of hydrogen-bond acceptors (Lipinski definition) is 2. The largest absolute Gasteiger partial charge is 0.323 e. The van der Waals surface area contributed by atoms with Crippen molar-refractivity contribution in [3.8, 4) is 0 Å². The summed E-state index contributed by atoms with van der Waals surface area (Å²) < 4.78 is 0. The molecular weight excluding hydrogens is 204 g/mol. The van der Waals surface area contributed by atoms with Crippen molar-refractivity contribution >= 4 is 11.8 Å². The Hall–Kier alpha value is -1.06. The van der Waals surface area contributed by atoms with Gasteiger partial charge in [-0.1, -0.05) is 13.8 Å². The van der Waals surface area contributed by atoms with E-state index in [1.165, 1.54) is 0 Å². The summed E-state index contributed by atoms with van der Waals surface area (Å²) >= 11 is 0. The molecular formula is C12H22N2O2. The maximum absolute atomic E-state index is 11.9. The van der Waals surface area contributed by atoms with Crippen LogP contribution in [0.25, 0.3) is 0 Å². The van der Waals surface area contributed by atoms with Gasteiger partial charge in [-0.25, -0.2) is 4.79 Å². The van der Waals surface area contributed by atoms with Gasteiger partial charge in [-0.3, -0.25) is 4.79 Å². The standard InChI is InChI=1S/C12H22N2O2/c1-9(2)7-11-8-14(6-5-10(3)15)12(16)13(11)4/h9,11H,5-8H2,1-4H3. The van der Waals surface area contributed by atoms with Crippen LogP contribution in [0.1, 0.15) is 33.6 Å². The normalized spacial score (nSPS) is 21.1. The fraction of sp³-hybridized carbons (Fsp3) is 0.833. The van der Waals surface area contributed by atoms with Gasteiger partial charge in [-0.15, -0.1) is 0 Å². The second kappa shape index (κ2) is 5.32. The average Bonchev–Trinajstić information content (AvgIpc) is 2.42. The molecule has 0 radical (unpaired) electrons. The van der Waals surface area contributed by atoms with Crippen LogP contribution in [0.15, 0.2) is 0 Å². The Balaban J connectivity index is 2.50. The summed E-state index contributed by atoms with van der Waals surface area (Å²) in [5, 5.41) is 0. The molecule has 1 heterocycles. The van der Waals surface area contributed by atoms with Crippen LogP contribution in [0.3, 0.4) is 0 Å². The van der Waals surface area contributed by atoms with Crippen LogP contribution >= 0.6 is 0 Å². The lowest BCUT2D eigenvalue weighted by Crippen LogP contribution is -2.32. The van der Waals surface area contributed by atoms with Crippen LogP contribution in [0.2, 0.25) is 0 Å². The van der Waals surface area contributed by atoms with E-state index in [2.05, 4.69) is 13.8 Å².